The van der Waals surface area contributed by atoms with E-state index in [9.17, 15) is 4.79 Å². The number of hydrogen-bond acceptors (Lipinski definition) is 5. The SMILES string of the molecule is COC(=O)C(Cc1ccccc1)Nc1cccc(-c2ccc(OCc3cccc(OC)c3)cc2)c1. The van der Waals surface area contributed by atoms with E-state index < -0.39 is 6.04 Å². The molecule has 1 atom stereocenters. The topological polar surface area (TPSA) is 56.8 Å². The van der Waals surface area contributed by atoms with Gasteiger partial charge >= 0.3 is 5.97 Å². The number of anilines is 1. The van der Waals surface area contributed by atoms with Crippen LogP contribution in [0.5, 0.6) is 11.5 Å². The first-order valence-corrected chi connectivity index (χ1v) is 11.5. The maximum absolute atomic E-state index is 12.4. The van der Waals surface area contributed by atoms with Gasteiger partial charge in [0.15, 0.2) is 0 Å². The number of hydrogen-bond donors (Lipinski definition) is 1. The number of methoxy groups -OCH3 is 2. The van der Waals surface area contributed by atoms with Crippen molar-refractivity contribution in [2.75, 3.05) is 19.5 Å². The molecule has 1 unspecified atom stereocenters. The molecule has 0 saturated heterocycles. The molecule has 0 saturated carbocycles. The summed E-state index contributed by atoms with van der Waals surface area (Å²) in [5.74, 6) is 1.31. The predicted molar refractivity (Wildman–Crippen MR) is 139 cm³/mol. The highest BCUT2D eigenvalue weighted by molar-refractivity contribution is 5.80. The van der Waals surface area contributed by atoms with Crippen molar-refractivity contribution in [3.05, 3.63) is 114 Å². The molecule has 0 amide bonds. The number of benzene rings is 4. The summed E-state index contributed by atoms with van der Waals surface area (Å²) < 4.78 is 16.2. The molecule has 4 aromatic rings. The van der Waals surface area contributed by atoms with Gasteiger partial charge in [-0.15, -0.1) is 0 Å². The molecule has 0 radical (unpaired) electrons. The number of ether oxygens (including phenoxy) is 3. The molecule has 35 heavy (non-hydrogen) atoms. The quantitative estimate of drug-likeness (QED) is 0.284. The van der Waals surface area contributed by atoms with Crippen molar-refractivity contribution in [2.45, 2.75) is 19.1 Å². The lowest BCUT2D eigenvalue weighted by atomic mass is 10.0. The minimum Gasteiger partial charge on any atom is -0.497 e. The highest BCUT2D eigenvalue weighted by Crippen LogP contribution is 2.26. The lowest BCUT2D eigenvalue weighted by Crippen LogP contribution is -2.32. The Bertz CT molecular complexity index is 1240. The third kappa shape index (κ3) is 6.64. The molecule has 178 valence electrons. The van der Waals surface area contributed by atoms with E-state index in [2.05, 4.69) is 5.32 Å². The Labute approximate surface area is 206 Å². The molecule has 0 aliphatic heterocycles. The zero-order chi connectivity index (χ0) is 24.5. The number of carbonyl (C=O) groups is 1. The first-order valence-electron chi connectivity index (χ1n) is 11.5. The molecule has 4 rings (SSSR count). The van der Waals surface area contributed by atoms with Gasteiger partial charge in [-0.2, -0.15) is 0 Å². The van der Waals surface area contributed by atoms with E-state index >= 15 is 0 Å². The van der Waals surface area contributed by atoms with E-state index in [1.807, 2.05) is 103 Å². The first-order chi connectivity index (χ1) is 17.1. The second-order valence-electron chi connectivity index (χ2n) is 8.16. The van der Waals surface area contributed by atoms with Crippen molar-refractivity contribution in [3.8, 4) is 22.6 Å². The Morgan fingerprint density at radius 1 is 0.743 bits per heavy atom. The normalized spacial score (nSPS) is 11.4. The van der Waals surface area contributed by atoms with E-state index in [1.165, 1.54) is 7.11 Å². The molecule has 1 N–H and O–H groups in total. The van der Waals surface area contributed by atoms with Gasteiger partial charge in [0.1, 0.15) is 24.1 Å². The fraction of sp³-hybridized carbons (Fsp3) is 0.167. The van der Waals surface area contributed by atoms with Crippen LogP contribution in [0.25, 0.3) is 11.1 Å². The molecule has 0 aliphatic carbocycles. The van der Waals surface area contributed by atoms with Gasteiger partial charge in [0, 0.05) is 12.1 Å². The lowest BCUT2D eigenvalue weighted by molar-refractivity contribution is -0.141. The number of esters is 1. The van der Waals surface area contributed by atoms with Crippen LogP contribution in [0.15, 0.2) is 103 Å². The van der Waals surface area contributed by atoms with Crippen LogP contribution in [0.2, 0.25) is 0 Å². The third-order valence-electron chi connectivity index (χ3n) is 5.70. The summed E-state index contributed by atoms with van der Waals surface area (Å²) in [6.45, 7) is 0.465. The molecule has 0 fully saturated rings. The maximum atomic E-state index is 12.4. The van der Waals surface area contributed by atoms with Crippen molar-refractivity contribution in [3.63, 3.8) is 0 Å². The highest BCUT2D eigenvalue weighted by atomic mass is 16.5. The molecule has 5 nitrogen and oxygen atoms in total. The van der Waals surface area contributed by atoms with E-state index in [0.29, 0.717) is 13.0 Å². The Balaban J connectivity index is 1.43. The van der Waals surface area contributed by atoms with Crippen LogP contribution in [-0.2, 0) is 22.6 Å². The first kappa shape index (κ1) is 23.9. The number of rotatable bonds is 10. The Morgan fingerprint density at radius 3 is 2.23 bits per heavy atom. The van der Waals surface area contributed by atoms with Gasteiger partial charge in [-0.3, -0.25) is 0 Å². The monoisotopic (exact) mass is 467 g/mol. The van der Waals surface area contributed by atoms with Crippen LogP contribution >= 0.6 is 0 Å². The fourth-order valence-electron chi connectivity index (χ4n) is 3.85. The summed E-state index contributed by atoms with van der Waals surface area (Å²) in [7, 11) is 3.07. The highest BCUT2D eigenvalue weighted by Gasteiger charge is 2.19. The molecule has 0 aliphatic rings. The molecule has 0 aromatic heterocycles. The van der Waals surface area contributed by atoms with Crippen molar-refractivity contribution in [1.82, 2.24) is 0 Å². The lowest BCUT2D eigenvalue weighted by Gasteiger charge is -2.18. The molecular weight excluding hydrogens is 438 g/mol. The minimum absolute atomic E-state index is 0.295. The number of nitrogens with one attached hydrogen (secondary N) is 1. The van der Waals surface area contributed by atoms with Gasteiger partial charge in [-0.1, -0.05) is 66.7 Å². The number of carbonyl (C=O) groups excluding carboxylic acids is 1. The van der Waals surface area contributed by atoms with Gasteiger partial charge < -0.3 is 19.5 Å². The van der Waals surface area contributed by atoms with E-state index in [-0.39, 0.29) is 5.97 Å². The minimum atomic E-state index is -0.481. The molecule has 4 aromatic carbocycles. The summed E-state index contributed by atoms with van der Waals surface area (Å²) in [4.78, 5) is 12.4. The van der Waals surface area contributed by atoms with Crippen molar-refractivity contribution in [1.29, 1.82) is 0 Å². The van der Waals surface area contributed by atoms with Crippen LogP contribution in [0.1, 0.15) is 11.1 Å². The van der Waals surface area contributed by atoms with Crippen molar-refractivity contribution < 1.29 is 19.0 Å². The molecule has 5 heteroatoms. The van der Waals surface area contributed by atoms with Crippen LogP contribution in [-0.4, -0.2) is 26.2 Å². The van der Waals surface area contributed by atoms with Crippen molar-refractivity contribution >= 4 is 11.7 Å². The summed E-state index contributed by atoms with van der Waals surface area (Å²) in [6, 6.07) is 33.2. The van der Waals surface area contributed by atoms with Gasteiger partial charge in [0.25, 0.3) is 0 Å². The van der Waals surface area contributed by atoms with E-state index in [4.69, 9.17) is 14.2 Å². The summed E-state index contributed by atoms with van der Waals surface area (Å²) in [5.41, 5.74) is 5.06. The zero-order valence-electron chi connectivity index (χ0n) is 19.9. The van der Waals surface area contributed by atoms with Gasteiger partial charge in [0.05, 0.1) is 14.2 Å². The van der Waals surface area contributed by atoms with Crippen LogP contribution < -0.4 is 14.8 Å². The molecular formula is C30H29NO4. The standard InChI is InChI=1S/C30H29NO4/c1-33-28-13-6-10-23(18-28)21-35-27-16-14-24(15-17-27)25-11-7-12-26(20-25)31-29(30(32)34-2)19-22-8-4-3-5-9-22/h3-18,20,29,31H,19,21H2,1-2H3. The van der Waals surface area contributed by atoms with E-state index in [0.717, 1.165) is 39.4 Å². The Kier molecular flexibility index (Phi) is 8.02. The fourth-order valence-corrected chi connectivity index (χ4v) is 3.85. The zero-order valence-corrected chi connectivity index (χ0v) is 19.9. The van der Waals surface area contributed by atoms with Crippen molar-refractivity contribution in [2.24, 2.45) is 0 Å². The van der Waals surface area contributed by atoms with Crippen LogP contribution in [0.3, 0.4) is 0 Å². The second kappa shape index (κ2) is 11.7. The average Bonchev–Trinajstić information content (AvgIpc) is 2.92. The molecule has 0 bridgehead atoms. The van der Waals surface area contributed by atoms with E-state index in [1.54, 1.807) is 7.11 Å². The van der Waals surface area contributed by atoms with Crippen LogP contribution in [0, 0.1) is 0 Å². The smallest absolute Gasteiger partial charge is 0.328 e. The van der Waals surface area contributed by atoms with Gasteiger partial charge in [0.2, 0.25) is 0 Å². The second-order valence-corrected chi connectivity index (χ2v) is 8.16. The summed E-state index contributed by atoms with van der Waals surface area (Å²) in [5, 5.41) is 3.34. The predicted octanol–water partition coefficient (Wildman–Crippen LogP) is 6.14. The Morgan fingerprint density at radius 2 is 1.49 bits per heavy atom. The largest absolute Gasteiger partial charge is 0.497 e. The molecule has 0 spiro atoms. The van der Waals surface area contributed by atoms with Gasteiger partial charge in [-0.05, 0) is 58.7 Å². The average molecular weight is 468 g/mol. The molecule has 0 heterocycles. The van der Waals surface area contributed by atoms with Crippen LogP contribution in [0.4, 0.5) is 5.69 Å². The third-order valence-corrected chi connectivity index (χ3v) is 5.70. The Hall–Kier alpha value is -4.25. The van der Waals surface area contributed by atoms with Gasteiger partial charge in [-0.25, -0.2) is 4.79 Å². The maximum Gasteiger partial charge on any atom is 0.328 e. The summed E-state index contributed by atoms with van der Waals surface area (Å²) in [6.07, 6.45) is 0.539. The summed E-state index contributed by atoms with van der Waals surface area (Å²) >= 11 is 0.